The Morgan fingerprint density at radius 1 is 0.413 bits per heavy atom. The lowest BCUT2D eigenvalue weighted by Crippen LogP contribution is -2.46. The second kappa shape index (κ2) is 46.2. The van der Waals surface area contributed by atoms with E-state index in [0.717, 1.165) is 9.13 Å². The number of esters is 4. The number of carbonyl (C=O) groups is 4. The number of aliphatic hydroxyl groups is 4. The van der Waals surface area contributed by atoms with E-state index in [1.807, 2.05) is 0 Å². The number of benzene rings is 4. The number of hydrogen-bond acceptors (Lipinski definition) is 46. The molecule has 4 aromatic carbocycles. The number of nitrogens with two attached hydrogens (primary N) is 4. The number of aryl methyl sites for hydroxylation is 1. The molecule has 55 nitrogen and oxygen atoms in total. The van der Waals surface area contributed by atoms with Crippen molar-refractivity contribution in [2.75, 3.05) is 75.8 Å². The number of rotatable bonds is 40. The van der Waals surface area contributed by atoms with Crippen molar-refractivity contribution in [2.24, 2.45) is 0 Å². The van der Waals surface area contributed by atoms with E-state index in [1.165, 1.54) is 76.6 Å². The van der Waals surface area contributed by atoms with Crippen LogP contribution in [0.1, 0.15) is 114 Å². The molecule has 17 N–H and O–H groups in total. The van der Waals surface area contributed by atoms with E-state index >= 15 is 0 Å². The van der Waals surface area contributed by atoms with Gasteiger partial charge in [-0.05, 0) is 145 Å². The van der Waals surface area contributed by atoms with Gasteiger partial charge in [0.2, 0.25) is 5.95 Å². The third-order valence-corrected chi connectivity index (χ3v) is 30.5. The van der Waals surface area contributed by atoms with E-state index in [0.29, 0.717) is 22.3 Å². The number of aliphatic hydroxyl groups excluding tert-OH is 4. The molecule has 8 fully saturated rings. The molecule has 8 bridgehead atoms. The highest BCUT2D eigenvalue weighted by Crippen LogP contribution is 2.57. The van der Waals surface area contributed by atoms with Crippen molar-refractivity contribution in [1.82, 2.24) is 78.5 Å². The molecular weight excluding hydrogens is 2060 g/mol. The average Bonchev–Trinajstić information content (AvgIpc) is 1.55. The number of para-hydroxylation sites is 4. The van der Waals surface area contributed by atoms with Gasteiger partial charge in [-0.15, -0.1) is 0 Å². The van der Waals surface area contributed by atoms with Crippen molar-refractivity contribution >= 4 is 101 Å². The van der Waals surface area contributed by atoms with E-state index in [1.54, 1.807) is 181 Å². The Morgan fingerprint density at radius 2 is 0.720 bits per heavy atom. The summed E-state index contributed by atoms with van der Waals surface area (Å²) < 4.78 is 174. The maximum absolute atomic E-state index is 13.9. The molecule has 8 aliphatic heterocycles. The fraction of sp³-hybridized carbons (Fsp3) is 0.495. The Morgan fingerprint density at radius 3 is 1.04 bits per heavy atom. The van der Waals surface area contributed by atoms with Crippen LogP contribution in [0.3, 0.4) is 0 Å². The molecule has 24 atom stereocenters. The monoisotopic (exact) mass is 2170 g/mol. The standard InChI is InChI=1S/C23H30N7O8P.C23H29N6O8P.C23H30N3O10P.C22H29N4O9P/c1-12(2)36-21(32)13(3)29-39(33,38-14-7-5-4-6-8-14)35-10-23-9-34-16(17(23)31)20(37-23)30-11-26-15-18(24)27-22(25)28-19(15)30;1-13(2)35-22(31)14(3)28-38(32,37-15-7-5-4-6-8-15)34-10-23-9-33-17(18(23)30)21(36-23)29-12-27-16-19(24)25-11-26-20(16)29;1-13(2)34-21(29)15(4)25-37(31,36-16-8-6-5-7-9-16)33-12-23-11-32-17(18(23)27)20(35-23)26-10-14(3)19(28)24-22(26)30;1-13(2)33-20(28)14(3)25-36(30,35-15-7-5-4-6-8-15)32-12-22-11-31-17(18(22)27)19(34-22)26-10-9-16(23)24-21(26)29/h4-8,11-13,16-17,20,31H,9-10H2,1-3H3,(H,29,33)(H4,24,25,27,28);4-8,11-14,17-18,21,30H,9-10H2,1-3H3,(H,28,32)(H2,24,25,26);5-10,13,15,17-18,20,27H,11-12H2,1-4H3,(H,25,31)(H,24,28,30);4-10,13-14,17-19,27H,11-12H2,1-3H3,(H,25,30)(H2,23,24,29)/t13?,16-,17+,20-,23-,39?;14?,17-,18+,21-,23-,38?;15?,17-,18+,20-,23-,37?;14?,17-,18+,19-,22-,36?/m1111/s1. The molecule has 0 spiro atoms. The summed E-state index contributed by atoms with van der Waals surface area (Å²) in [5.74, 6) is -1.40. The van der Waals surface area contributed by atoms with E-state index in [9.17, 15) is 72.2 Å². The Labute approximate surface area is 855 Å². The average molecular weight is 2180 g/mol. The van der Waals surface area contributed by atoms with Crippen molar-refractivity contribution in [2.45, 2.75) is 235 Å². The molecule has 14 heterocycles. The normalized spacial score (nSPS) is 27.0. The number of fused-ring (bicyclic) bond motifs is 10. The second-order valence-electron chi connectivity index (χ2n) is 37.1. The maximum Gasteiger partial charge on any atom is 0.459 e. The lowest BCUT2D eigenvalue weighted by Gasteiger charge is -2.32. The van der Waals surface area contributed by atoms with E-state index in [-0.39, 0.29) is 103 Å². The largest absolute Gasteiger partial charge is 0.462 e. The summed E-state index contributed by atoms with van der Waals surface area (Å²) in [5.41, 5.74) is 17.0. The van der Waals surface area contributed by atoms with Gasteiger partial charge >= 0.3 is 66.2 Å². The van der Waals surface area contributed by atoms with Crippen molar-refractivity contribution in [1.29, 1.82) is 0 Å². The number of carbonyl (C=O) groups excluding carboxylic acids is 4. The third kappa shape index (κ3) is 25.3. The number of aromatic amines is 1. The van der Waals surface area contributed by atoms with Crippen molar-refractivity contribution < 1.29 is 151 Å². The highest BCUT2D eigenvalue weighted by molar-refractivity contribution is 7.53. The van der Waals surface area contributed by atoms with Gasteiger partial charge in [0.25, 0.3) is 5.56 Å². The van der Waals surface area contributed by atoms with Crippen LogP contribution in [0.25, 0.3) is 22.3 Å². The summed E-state index contributed by atoms with van der Waals surface area (Å²) in [4.78, 5) is 117. The van der Waals surface area contributed by atoms with E-state index in [4.69, 9.17) is 116 Å². The number of aromatic nitrogens is 12. The van der Waals surface area contributed by atoms with Crippen molar-refractivity contribution in [3.63, 3.8) is 0 Å². The van der Waals surface area contributed by atoms with Gasteiger partial charge in [0.15, 0.2) is 47.8 Å². The topological polar surface area (TPSA) is 731 Å². The zero-order valence-electron chi connectivity index (χ0n) is 83.2. The molecule has 8 aliphatic rings. The summed E-state index contributed by atoms with van der Waals surface area (Å²) in [6.45, 7) is 18.9. The Bertz CT molecular complexity index is 6850. The predicted octanol–water partition coefficient (Wildman–Crippen LogP) is 4.71. The Balaban J connectivity index is 0.000000149. The molecule has 0 aliphatic carbocycles. The van der Waals surface area contributed by atoms with Crippen LogP contribution >= 0.6 is 31.0 Å². The quantitative estimate of drug-likeness (QED) is 0.0140. The molecule has 8 unspecified atom stereocenters. The minimum atomic E-state index is -4.24. The molecule has 18 rings (SSSR count). The van der Waals surface area contributed by atoms with Crippen LogP contribution in [0.4, 0.5) is 23.4 Å². The van der Waals surface area contributed by atoms with Crippen LogP contribution in [0.15, 0.2) is 173 Å². The summed E-state index contributed by atoms with van der Waals surface area (Å²) in [5, 5.41) is 54.4. The lowest BCUT2D eigenvalue weighted by molar-refractivity contribution is -0.185. The molecule has 812 valence electrons. The minimum Gasteiger partial charge on any atom is -0.462 e. The van der Waals surface area contributed by atoms with Crippen LogP contribution in [-0.4, -0.2) is 275 Å². The van der Waals surface area contributed by atoms with E-state index < -0.39 is 218 Å². The van der Waals surface area contributed by atoms with Gasteiger partial charge in [-0.25, -0.2) is 47.8 Å². The van der Waals surface area contributed by atoms with Crippen LogP contribution < -0.4 is 78.3 Å². The smallest absolute Gasteiger partial charge is 0.459 e. The molecule has 59 heteroatoms. The second-order valence-corrected chi connectivity index (χ2v) is 43.9. The minimum absolute atomic E-state index is 0.0324. The molecule has 0 amide bonds. The zero-order chi connectivity index (χ0) is 108. The van der Waals surface area contributed by atoms with Gasteiger partial charge in [-0.1, -0.05) is 72.8 Å². The van der Waals surface area contributed by atoms with Gasteiger partial charge in [-0.3, -0.25) is 65.3 Å². The van der Waals surface area contributed by atoms with Gasteiger partial charge in [0, 0.05) is 18.0 Å². The van der Waals surface area contributed by atoms with Gasteiger partial charge in [0.05, 0.1) is 89.9 Å². The SMILES string of the molecule is CC(C)OC(=O)C(C)NP(=O)(OC[C@@]12CO[C@@H]([C@H](n3ccc(N)nc3=O)O1)[C@@H]2O)Oc1ccccc1.CC(C)OC(=O)C(C)NP(=O)(OC[C@@]12CO[C@@H]([C@H](n3cnc4c(N)nc(N)nc43)O1)[C@@H]2O)Oc1ccccc1.CC(C)OC(=O)C(C)NP(=O)(OC[C@@]12CO[C@@H]([C@H](n3cnc4c(N)ncnc43)O1)[C@@H]2O)Oc1ccccc1.Cc1cn([C@@H]2O[C@@]3(COP(=O)(NC(C)C(=O)OC(C)C)Oc4ccccc4)CO[C@@H]2[C@@H]3O)c(=O)[nH]c1=O. The number of hydrogen-bond donors (Lipinski definition) is 13. The first kappa shape index (κ1) is 112. The predicted molar refractivity (Wildman–Crippen MR) is 525 cm³/mol. The van der Waals surface area contributed by atoms with Crippen LogP contribution in [-0.2, 0) is 112 Å². The summed E-state index contributed by atoms with van der Waals surface area (Å²) in [6.07, 6.45) is -6.67. The van der Waals surface area contributed by atoms with Gasteiger partial charge in [0.1, 0.15) is 142 Å². The zero-order valence-corrected chi connectivity index (χ0v) is 86.8. The highest BCUT2D eigenvalue weighted by Gasteiger charge is 2.67. The van der Waals surface area contributed by atoms with Crippen LogP contribution in [0.2, 0.25) is 0 Å². The molecule has 0 saturated carbocycles. The summed E-state index contributed by atoms with van der Waals surface area (Å²) in [7, 11) is -16.9. The molecule has 8 saturated heterocycles. The fourth-order valence-corrected chi connectivity index (χ4v) is 22.9. The number of imidazole rings is 2. The first-order valence-electron chi connectivity index (χ1n) is 47.2. The lowest BCUT2D eigenvalue weighted by atomic mass is 10.0. The molecule has 0 radical (unpaired) electrons. The summed E-state index contributed by atoms with van der Waals surface area (Å²) in [6, 6.07) is 30.3. The molecule has 150 heavy (non-hydrogen) atoms. The molecule has 6 aromatic heterocycles. The number of nitrogens with zero attached hydrogens (tertiary/aromatic N) is 11. The Kier molecular flexibility index (Phi) is 34.5. The fourth-order valence-electron chi connectivity index (χ4n) is 16.7. The first-order valence-corrected chi connectivity index (χ1v) is 53.4. The van der Waals surface area contributed by atoms with Gasteiger partial charge in [-0.2, -0.15) is 35.3 Å². The van der Waals surface area contributed by atoms with Crippen molar-refractivity contribution in [3.8, 4) is 23.0 Å². The number of nitrogen functional groups attached to an aromatic ring is 4. The summed E-state index contributed by atoms with van der Waals surface area (Å²) >= 11 is 0. The number of nitrogens with one attached hydrogen (secondary N) is 5. The number of anilines is 4. The number of ether oxygens (including phenoxy) is 12. The number of H-pyrrole nitrogens is 1. The highest BCUT2D eigenvalue weighted by atomic mass is 31.2. The van der Waals surface area contributed by atoms with Crippen LogP contribution in [0, 0.1) is 6.92 Å². The van der Waals surface area contributed by atoms with E-state index in [2.05, 4.69) is 60.2 Å². The van der Waals surface area contributed by atoms with Gasteiger partial charge < -0.3 is 118 Å². The molecule has 10 aromatic rings. The van der Waals surface area contributed by atoms with Crippen molar-refractivity contribution in [3.05, 3.63) is 196 Å². The Hall–Kier alpha value is -12.1. The first-order chi connectivity index (χ1) is 71.1. The van der Waals surface area contributed by atoms with Crippen LogP contribution in [0.5, 0.6) is 23.0 Å². The molecular formula is C91H118N20O35P4. The third-order valence-electron chi connectivity index (χ3n) is 24.0. The maximum atomic E-state index is 13.9.